The molecule has 1 aromatic rings. The quantitative estimate of drug-likeness (QED) is 0.850. The van der Waals surface area contributed by atoms with Crippen LogP contribution in [0.3, 0.4) is 0 Å². The first-order valence-electron chi connectivity index (χ1n) is 5.99. The van der Waals surface area contributed by atoms with Gasteiger partial charge in [0.15, 0.2) is 0 Å². The molecule has 0 aliphatic rings. The van der Waals surface area contributed by atoms with E-state index in [-0.39, 0.29) is 11.9 Å². The number of benzene rings is 1. The summed E-state index contributed by atoms with van der Waals surface area (Å²) in [5, 5.41) is 0.458. The Hall–Kier alpha value is -0.640. The van der Waals surface area contributed by atoms with Crippen LogP contribution in [0.2, 0.25) is 5.02 Å². The van der Waals surface area contributed by atoms with E-state index in [9.17, 15) is 4.39 Å². The molecular formula is C13H20ClFN2. The molecule has 2 nitrogen and oxygen atoms in total. The molecule has 1 atom stereocenters. The lowest BCUT2D eigenvalue weighted by atomic mass is 10.1. The normalized spacial score (nSPS) is 13.1. The lowest BCUT2D eigenvalue weighted by Gasteiger charge is -2.23. The number of nitrogens with zero attached hydrogens (tertiary/aromatic N) is 1. The van der Waals surface area contributed by atoms with Gasteiger partial charge in [0.25, 0.3) is 0 Å². The third kappa shape index (κ3) is 4.26. The number of halogens is 2. The SMILES string of the molecule is CCN(CC)CC(N)Cc1c(F)cccc1Cl. The smallest absolute Gasteiger partial charge is 0.127 e. The zero-order chi connectivity index (χ0) is 12.8. The number of hydrogen-bond donors (Lipinski definition) is 1. The minimum Gasteiger partial charge on any atom is -0.326 e. The molecule has 1 aromatic carbocycles. The van der Waals surface area contributed by atoms with Gasteiger partial charge in [-0.15, -0.1) is 0 Å². The summed E-state index contributed by atoms with van der Waals surface area (Å²) in [6.45, 7) is 6.85. The van der Waals surface area contributed by atoms with E-state index in [2.05, 4.69) is 18.7 Å². The molecule has 17 heavy (non-hydrogen) atoms. The van der Waals surface area contributed by atoms with Gasteiger partial charge in [-0.05, 0) is 31.6 Å². The molecule has 0 aliphatic carbocycles. The van der Waals surface area contributed by atoms with E-state index in [1.165, 1.54) is 6.07 Å². The summed E-state index contributed by atoms with van der Waals surface area (Å²) in [5.41, 5.74) is 6.55. The second-order valence-corrected chi connectivity index (χ2v) is 4.56. The molecule has 0 bridgehead atoms. The summed E-state index contributed by atoms with van der Waals surface area (Å²) in [4.78, 5) is 2.22. The molecule has 0 radical (unpaired) electrons. The van der Waals surface area contributed by atoms with E-state index in [0.717, 1.165) is 19.6 Å². The minimum atomic E-state index is -0.271. The van der Waals surface area contributed by atoms with Gasteiger partial charge in [0.05, 0.1) is 0 Å². The van der Waals surface area contributed by atoms with Crippen LogP contribution in [0.15, 0.2) is 18.2 Å². The van der Waals surface area contributed by atoms with Crippen LogP contribution in [0.5, 0.6) is 0 Å². The van der Waals surface area contributed by atoms with Crippen LogP contribution >= 0.6 is 11.6 Å². The van der Waals surface area contributed by atoms with Crippen LogP contribution in [0.25, 0.3) is 0 Å². The Balaban J connectivity index is 2.64. The topological polar surface area (TPSA) is 29.3 Å². The predicted octanol–water partition coefficient (Wildman–Crippen LogP) is 2.69. The Bertz CT molecular complexity index is 333. The van der Waals surface area contributed by atoms with Crippen molar-refractivity contribution < 1.29 is 4.39 Å². The van der Waals surface area contributed by atoms with Crippen molar-refractivity contribution in [3.05, 3.63) is 34.6 Å². The van der Waals surface area contributed by atoms with E-state index in [1.54, 1.807) is 12.1 Å². The molecule has 0 saturated heterocycles. The molecular weight excluding hydrogens is 239 g/mol. The Morgan fingerprint density at radius 1 is 1.35 bits per heavy atom. The fraction of sp³-hybridized carbons (Fsp3) is 0.538. The van der Waals surface area contributed by atoms with E-state index < -0.39 is 0 Å². The summed E-state index contributed by atoms with van der Waals surface area (Å²) in [6.07, 6.45) is 0.474. The summed E-state index contributed by atoms with van der Waals surface area (Å²) in [7, 11) is 0. The van der Waals surface area contributed by atoms with Gasteiger partial charge in [-0.2, -0.15) is 0 Å². The zero-order valence-corrected chi connectivity index (χ0v) is 11.2. The standard InChI is InChI=1S/C13H20ClFN2/c1-3-17(4-2)9-10(16)8-11-12(14)6-5-7-13(11)15/h5-7,10H,3-4,8-9,16H2,1-2H3. The van der Waals surface area contributed by atoms with E-state index in [4.69, 9.17) is 17.3 Å². The summed E-state index contributed by atoms with van der Waals surface area (Å²) in [6, 6.07) is 4.64. The second-order valence-electron chi connectivity index (χ2n) is 4.15. The van der Waals surface area contributed by atoms with Gasteiger partial charge < -0.3 is 10.6 Å². The average Bonchev–Trinajstić information content (AvgIpc) is 2.31. The minimum absolute atomic E-state index is 0.0932. The van der Waals surface area contributed by atoms with Crippen LogP contribution in [0.1, 0.15) is 19.4 Å². The van der Waals surface area contributed by atoms with Crippen molar-refractivity contribution in [3.8, 4) is 0 Å². The van der Waals surface area contributed by atoms with Gasteiger partial charge in [-0.3, -0.25) is 0 Å². The lowest BCUT2D eigenvalue weighted by Crippen LogP contribution is -2.38. The Kier molecular flexibility index (Phi) is 5.89. The van der Waals surface area contributed by atoms with Gasteiger partial charge >= 0.3 is 0 Å². The number of likely N-dealkylation sites (N-methyl/N-ethyl adjacent to an activating group) is 1. The van der Waals surface area contributed by atoms with Crippen molar-refractivity contribution in [2.75, 3.05) is 19.6 Å². The maximum atomic E-state index is 13.6. The molecule has 0 saturated carbocycles. The average molecular weight is 259 g/mol. The van der Waals surface area contributed by atoms with Gasteiger partial charge in [-0.25, -0.2) is 4.39 Å². The molecule has 4 heteroatoms. The Labute approximate surface area is 108 Å². The predicted molar refractivity (Wildman–Crippen MR) is 70.9 cm³/mol. The molecule has 0 aliphatic heterocycles. The fourth-order valence-corrected chi connectivity index (χ4v) is 2.11. The molecule has 0 aromatic heterocycles. The van der Waals surface area contributed by atoms with Crippen molar-refractivity contribution in [3.63, 3.8) is 0 Å². The molecule has 0 fully saturated rings. The largest absolute Gasteiger partial charge is 0.326 e. The first kappa shape index (κ1) is 14.4. The van der Waals surface area contributed by atoms with Crippen LogP contribution in [0, 0.1) is 5.82 Å². The maximum absolute atomic E-state index is 13.6. The highest BCUT2D eigenvalue weighted by atomic mass is 35.5. The molecule has 0 amide bonds. The Morgan fingerprint density at radius 3 is 2.53 bits per heavy atom. The molecule has 0 spiro atoms. The molecule has 1 unspecified atom stereocenters. The van der Waals surface area contributed by atoms with Crippen molar-refractivity contribution in [1.29, 1.82) is 0 Å². The Morgan fingerprint density at radius 2 is 2.00 bits per heavy atom. The summed E-state index contributed by atoms with van der Waals surface area (Å²) >= 11 is 5.97. The maximum Gasteiger partial charge on any atom is 0.127 e. The van der Waals surface area contributed by atoms with Crippen LogP contribution < -0.4 is 5.73 Å². The molecule has 1 rings (SSSR count). The third-order valence-electron chi connectivity index (χ3n) is 2.92. The zero-order valence-electron chi connectivity index (χ0n) is 10.4. The van der Waals surface area contributed by atoms with E-state index >= 15 is 0 Å². The highest BCUT2D eigenvalue weighted by Gasteiger charge is 2.13. The monoisotopic (exact) mass is 258 g/mol. The fourth-order valence-electron chi connectivity index (χ4n) is 1.87. The van der Waals surface area contributed by atoms with E-state index in [1.807, 2.05) is 0 Å². The van der Waals surface area contributed by atoms with Gasteiger partial charge in [0.2, 0.25) is 0 Å². The first-order valence-corrected chi connectivity index (χ1v) is 6.37. The van der Waals surface area contributed by atoms with E-state index in [0.29, 0.717) is 17.0 Å². The van der Waals surface area contributed by atoms with Gasteiger partial charge in [0, 0.05) is 23.2 Å². The van der Waals surface area contributed by atoms with Gasteiger partial charge in [0.1, 0.15) is 5.82 Å². The van der Waals surface area contributed by atoms with Crippen molar-refractivity contribution in [2.24, 2.45) is 5.73 Å². The van der Waals surface area contributed by atoms with Crippen LogP contribution in [-0.4, -0.2) is 30.6 Å². The van der Waals surface area contributed by atoms with Crippen LogP contribution in [-0.2, 0) is 6.42 Å². The molecule has 2 N–H and O–H groups in total. The van der Waals surface area contributed by atoms with Crippen LogP contribution in [0.4, 0.5) is 4.39 Å². The number of rotatable bonds is 6. The lowest BCUT2D eigenvalue weighted by molar-refractivity contribution is 0.282. The summed E-state index contributed by atoms with van der Waals surface area (Å²) < 4.78 is 13.6. The van der Waals surface area contributed by atoms with Gasteiger partial charge in [-0.1, -0.05) is 31.5 Å². The molecule has 96 valence electrons. The third-order valence-corrected chi connectivity index (χ3v) is 3.27. The van der Waals surface area contributed by atoms with Crippen molar-refractivity contribution in [2.45, 2.75) is 26.3 Å². The highest BCUT2D eigenvalue weighted by molar-refractivity contribution is 6.31. The second kappa shape index (κ2) is 6.94. The molecule has 0 heterocycles. The summed E-state index contributed by atoms with van der Waals surface area (Å²) in [5.74, 6) is -0.271. The first-order chi connectivity index (χ1) is 8.08. The van der Waals surface area contributed by atoms with Crippen molar-refractivity contribution >= 4 is 11.6 Å². The van der Waals surface area contributed by atoms with Crippen molar-refractivity contribution in [1.82, 2.24) is 4.90 Å². The highest BCUT2D eigenvalue weighted by Crippen LogP contribution is 2.20. The number of nitrogens with two attached hydrogens (primary N) is 1. The number of hydrogen-bond acceptors (Lipinski definition) is 2.